The number of thioether (sulfide) groups is 1. The van der Waals surface area contributed by atoms with Crippen LogP contribution >= 0.6 is 11.8 Å². The molecule has 1 fully saturated rings. The molecule has 1 aliphatic heterocycles. The molecular weight excluding hydrogens is 347 g/mol. The van der Waals surface area contributed by atoms with E-state index in [1.165, 1.54) is 16.7 Å². The molecule has 7 nitrogen and oxygen atoms in total. The predicted molar refractivity (Wildman–Crippen MR) is 92.2 cm³/mol. The maximum absolute atomic E-state index is 13.6. The first-order chi connectivity index (χ1) is 12.0. The van der Waals surface area contributed by atoms with Gasteiger partial charge in [0.1, 0.15) is 5.82 Å². The zero-order valence-electron chi connectivity index (χ0n) is 13.7. The molecule has 1 aliphatic rings. The van der Waals surface area contributed by atoms with Crippen molar-refractivity contribution >= 4 is 23.4 Å². The zero-order chi connectivity index (χ0) is 17.8. The van der Waals surface area contributed by atoms with Crippen LogP contribution in [0.25, 0.3) is 0 Å². The van der Waals surface area contributed by atoms with Crippen LogP contribution in [0.5, 0.6) is 0 Å². The maximum Gasteiger partial charge on any atom is 0.344 e. The minimum atomic E-state index is -0.557. The van der Waals surface area contributed by atoms with Crippen LogP contribution in [0.15, 0.2) is 34.2 Å². The number of benzene rings is 1. The van der Waals surface area contributed by atoms with Crippen molar-refractivity contribution in [3.05, 3.63) is 40.6 Å². The lowest BCUT2D eigenvalue weighted by Crippen LogP contribution is -2.27. The van der Waals surface area contributed by atoms with Crippen LogP contribution < -0.4 is 11.0 Å². The van der Waals surface area contributed by atoms with E-state index in [9.17, 15) is 14.0 Å². The largest absolute Gasteiger partial charge is 0.376 e. The van der Waals surface area contributed by atoms with E-state index in [2.05, 4.69) is 15.5 Å². The summed E-state index contributed by atoms with van der Waals surface area (Å²) in [6, 6.07) is 5.97. The lowest BCUT2D eigenvalue weighted by atomic mass is 10.2. The molecule has 2 heterocycles. The third kappa shape index (κ3) is 4.29. The summed E-state index contributed by atoms with van der Waals surface area (Å²) in [7, 11) is 0. The molecule has 0 saturated carbocycles. The van der Waals surface area contributed by atoms with E-state index < -0.39 is 11.1 Å². The van der Waals surface area contributed by atoms with Crippen molar-refractivity contribution in [3.63, 3.8) is 0 Å². The highest BCUT2D eigenvalue weighted by Gasteiger charge is 2.23. The molecule has 134 valence electrons. The Morgan fingerprint density at radius 1 is 1.56 bits per heavy atom. The van der Waals surface area contributed by atoms with Crippen LogP contribution in [-0.4, -0.2) is 38.6 Å². The summed E-state index contributed by atoms with van der Waals surface area (Å²) >= 11 is 1.14. The number of halogens is 1. The topological polar surface area (TPSA) is 89.0 Å². The molecule has 9 heteroatoms. The summed E-state index contributed by atoms with van der Waals surface area (Å²) < 4.78 is 20.7. The number of para-hydroxylation sites is 1. The lowest BCUT2D eigenvalue weighted by Gasteiger charge is -2.14. The van der Waals surface area contributed by atoms with Crippen molar-refractivity contribution < 1.29 is 13.9 Å². The molecule has 2 atom stereocenters. The van der Waals surface area contributed by atoms with Gasteiger partial charge in [0.05, 0.1) is 23.6 Å². The molecule has 0 aliphatic carbocycles. The van der Waals surface area contributed by atoms with E-state index in [1.807, 2.05) is 0 Å². The fourth-order valence-corrected chi connectivity index (χ4v) is 3.42. The van der Waals surface area contributed by atoms with Crippen molar-refractivity contribution in [2.45, 2.75) is 42.8 Å². The van der Waals surface area contributed by atoms with Crippen molar-refractivity contribution in [2.24, 2.45) is 0 Å². The Hall–Kier alpha value is -2.13. The van der Waals surface area contributed by atoms with Crippen LogP contribution in [0.3, 0.4) is 0 Å². The van der Waals surface area contributed by atoms with Gasteiger partial charge in [0, 0.05) is 6.61 Å². The minimum Gasteiger partial charge on any atom is -0.376 e. The van der Waals surface area contributed by atoms with E-state index >= 15 is 0 Å². The second-order valence-electron chi connectivity index (χ2n) is 5.79. The first-order valence-corrected chi connectivity index (χ1v) is 8.91. The molecule has 1 amide bonds. The Labute approximate surface area is 148 Å². The maximum atomic E-state index is 13.6. The number of nitrogens with zero attached hydrogens (tertiary/aromatic N) is 2. The minimum absolute atomic E-state index is 0.0165. The quantitative estimate of drug-likeness (QED) is 0.764. The van der Waals surface area contributed by atoms with Gasteiger partial charge in [-0.1, -0.05) is 23.9 Å². The van der Waals surface area contributed by atoms with Gasteiger partial charge in [0.2, 0.25) is 5.91 Å². The Bertz CT molecular complexity index is 801. The Morgan fingerprint density at radius 3 is 3.08 bits per heavy atom. The monoisotopic (exact) mass is 366 g/mol. The number of hydrogen-bond donors (Lipinski definition) is 2. The summed E-state index contributed by atoms with van der Waals surface area (Å²) in [4.78, 5) is 24.2. The van der Waals surface area contributed by atoms with E-state index in [4.69, 9.17) is 4.74 Å². The van der Waals surface area contributed by atoms with Gasteiger partial charge in [0.15, 0.2) is 5.16 Å². The standard InChI is InChI=1S/C16H19FN4O3S/c1-10(14(22)18-13-7-3-2-6-12(13)17)25-16-20-19-15(23)21(16)9-11-5-4-8-24-11/h2-3,6-7,10-11H,4-5,8-9H2,1H3,(H,18,22)(H,19,23). The molecule has 1 saturated heterocycles. The summed E-state index contributed by atoms with van der Waals surface area (Å²) in [6.45, 7) is 2.77. The number of hydrogen-bond acceptors (Lipinski definition) is 5. The fraction of sp³-hybridized carbons (Fsp3) is 0.438. The lowest BCUT2D eigenvalue weighted by molar-refractivity contribution is -0.115. The SMILES string of the molecule is CC(Sc1n[nH]c(=O)n1CC1CCCO1)C(=O)Nc1ccccc1F. The van der Waals surface area contributed by atoms with E-state index in [0.29, 0.717) is 18.3 Å². The van der Waals surface area contributed by atoms with Gasteiger partial charge in [-0.3, -0.25) is 9.36 Å². The Morgan fingerprint density at radius 2 is 2.36 bits per heavy atom. The predicted octanol–water partition coefficient (Wildman–Crippen LogP) is 2.01. The molecule has 2 unspecified atom stereocenters. The number of H-pyrrole nitrogens is 1. The van der Waals surface area contributed by atoms with Crippen molar-refractivity contribution in [1.29, 1.82) is 0 Å². The van der Waals surface area contributed by atoms with Gasteiger partial charge in [-0.05, 0) is 31.9 Å². The van der Waals surface area contributed by atoms with E-state index in [-0.39, 0.29) is 23.4 Å². The Kier molecular flexibility index (Phi) is 5.54. The summed E-state index contributed by atoms with van der Waals surface area (Å²) in [5.41, 5.74) is -0.210. The molecule has 1 aromatic heterocycles. The molecular formula is C16H19FN4O3S. The fourth-order valence-electron chi connectivity index (χ4n) is 2.55. The van der Waals surface area contributed by atoms with Crippen LogP contribution in [0, 0.1) is 5.82 Å². The molecule has 0 spiro atoms. The normalized spacial score (nSPS) is 18.2. The molecule has 3 rings (SSSR count). The molecule has 1 aromatic carbocycles. The molecule has 2 N–H and O–H groups in total. The Balaban J connectivity index is 1.66. The van der Waals surface area contributed by atoms with Gasteiger partial charge >= 0.3 is 5.69 Å². The third-order valence-electron chi connectivity index (χ3n) is 3.92. The second-order valence-corrected chi connectivity index (χ2v) is 7.09. The number of aromatic amines is 1. The molecule has 0 radical (unpaired) electrons. The smallest absolute Gasteiger partial charge is 0.344 e. The molecule has 2 aromatic rings. The molecule has 0 bridgehead atoms. The van der Waals surface area contributed by atoms with Gasteiger partial charge in [0.25, 0.3) is 0 Å². The number of carbonyl (C=O) groups excluding carboxylic acids is 1. The van der Waals surface area contributed by atoms with Gasteiger partial charge in [-0.2, -0.15) is 0 Å². The third-order valence-corrected chi connectivity index (χ3v) is 5.01. The van der Waals surface area contributed by atoms with Crippen LogP contribution in [0.2, 0.25) is 0 Å². The average Bonchev–Trinajstić information content (AvgIpc) is 3.22. The average molecular weight is 366 g/mol. The van der Waals surface area contributed by atoms with Crippen molar-refractivity contribution in [1.82, 2.24) is 14.8 Å². The first-order valence-electron chi connectivity index (χ1n) is 8.03. The van der Waals surface area contributed by atoms with E-state index in [1.54, 1.807) is 19.1 Å². The number of ether oxygens (including phenoxy) is 1. The highest BCUT2D eigenvalue weighted by atomic mass is 32.2. The van der Waals surface area contributed by atoms with E-state index in [0.717, 1.165) is 24.6 Å². The summed E-state index contributed by atoms with van der Waals surface area (Å²) in [5, 5.41) is 8.79. The highest BCUT2D eigenvalue weighted by Crippen LogP contribution is 2.23. The van der Waals surface area contributed by atoms with Crippen molar-refractivity contribution in [3.8, 4) is 0 Å². The van der Waals surface area contributed by atoms with Crippen LogP contribution in [-0.2, 0) is 16.1 Å². The highest BCUT2D eigenvalue weighted by molar-refractivity contribution is 8.00. The van der Waals surface area contributed by atoms with Gasteiger partial charge in [-0.15, -0.1) is 5.10 Å². The van der Waals surface area contributed by atoms with Gasteiger partial charge in [-0.25, -0.2) is 14.3 Å². The van der Waals surface area contributed by atoms with Crippen molar-refractivity contribution in [2.75, 3.05) is 11.9 Å². The number of anilines is 1. The first kappa shape index (κ1) is 17.7. The number of carbonyl (C=O) groups is 1. The summed E-state index contributed by atoms with van der Waals surface area (Å²) in [6.07, 6.45) is 1.85. The van der Waals surface area contributed by atoms with Crippen LogP contribution in [0.1, 0.15) is 19.8 Å². The molecule has 25 heavy (non-hydrogen) atoms. The number of aromatic nitrogens is 3. The number of amides is 1. The van der Waals surface area contributed by atoms with Gasteiger partial charge < -0.3 is 10.1 Å². The van der Waals surface area contributed by atoms with Crippen LogP contribution in [0.4, 0.5) is 10.1 Å². The number of nitrogens with one attached hydrogen (secondary N) is 2. The summed E-state index contributed by atoms with van der Waals surface area (Å²) in [5.74, 6) is -0.864. The second kappa shape index (κ2) is 7.83. The zero-order valence-corrected chi connectivity index (χ0v) is 14.5. The number of rotatable bonds is 6.